The Morgan fingerprint density at radius 2 is 1.81 bits per heavy atom. The zero-order chi connectivity index (χ0) is 25.2. The molecule has 3 heterocycles. The van der Waals surface area contributed by atoms with Crippen molar-refractivity contribution in [2.24, 2.45) is 0 Å². The smallest absolute Gasteiger partial charge is 0.226 e. The van der Waals surface area contributed by atoms with Gasteiger partial charge in [-0.25, -0.2) is 0 Å². The van der Waals surface area contributed by atoms with E-state index >= 15 is 0 Å². The molecule has 188 valence electrons. The number of amides is 1. The summed E-state index contributed by atoms with van der Waals surface area (Å²) in [7, 11) is 0. The van der Waals surface area contributed by atoms with Crippen LogP contribution in [0.2, 0.25) is 0 Å². The molecular weight excluding hydrogens is 478 g/mol. The van der Waals surface area contributed by atoms with Gasteiger partial charge < -0.3 is 20.1 Å². The molecule has 6 rings (SSSR count). The second kappa shape index (κ2) is 10.3. The lowest BCUT2D eigenvalue weighted by molar-refractivity contribution is -0.116. The van der Waals surface area contributed by atoms with Crippen molar-refractivity contribution >= 4 is 39.7 Å². The number of carbonyl (C=O) groups excluding carboxylic acids is 1. The quantitative estimate of drug-likeness (QED) is 0.293. The van der Waals surface area contributed by atoms with Crippen LogP contribution >= 0.6 is 12.2 Å². The largest absolute Gasteiger partial charge is 0.352 e. The van der Waals surface area contributed by atoms with E-state index in [9.17, 15) is 4.79 Å². The first-order valence-corrected chi connectivity index (χ1v) is 13.5. The standard InChI is InChI=1S/C30H31N5OS/c36-27(32-24-15-7-10-21-9-1-4-13-23(21)24)17-20-35-29(26-16-8-19-34(26)22-11-2-3-12-22)28(33-30(35)37)25-14-5-6-18-31-25/h1,4-10,13-16,18-19,22,28-29H,2-3,11-12,17,20H2,(H,32,36)(H,33,37)/t28-,29-/m1/s1. The molecule has 4 aromatic rings. The summed E-state index contributed by atoms with van der Waals surface area (Å²) in [4.78, 5) is 20.0. The summed E-state index contributed by atoms with van der Waals surface area (Å²) < 4.78 is 2.44. The third kappa shape index (κ3) is 4.71. The number of carbonyl (C=O) groups is 1. The van der Waals surface area contributed by atoms with Crippen molar-refractivity contribution in [1.29, 1.82) is 0 Å². The fraction of sp³-hybridized carbons (Fsp3) is 0.300. The Morgan fingerprint density at radius 3 is 2.65 bits per heavy atom. The first-order chi connectivity index (χ1) is 18.2. The van der Waals surface area contributed by atoms with Gasteiger partial charge in [-0.1, -0.05) is 55.3 Å². The number of aromatic nitrogens is 2. The van der Waals surface area contributed by atoms with Gasteiger partial charge in [0.25, 0.3) is 0 Å². The summed E-state index contributed by atoms with van der Waals surface area (Å²) in [6, 6.07) is 24.8. The summed E-state index contributed by atoms with van der Waals surface area (Å²) in [5.74, 6) is -0.0228. The lowest BCUT2D eigenvalue weighted by Gasteiger charge is -2.30. The molecule has 1 aliphatic heterocycles. The number of benzene rings is 2. The van der Waals surface area contributed by atoms with E-state index in [4.69, 9.17) is 12.2 Å². The second-order valence-electron chi connectivity index (χ2n) is 9.92. The highest BCUT2D eigenvalue weighted by molar-refractivity contribution is 7.80. The molecule has 0 radical (unpaired) electrons. The van der Waals surface area contributed by atoms with Crippen LogP contribution < -0.4 is 10.6 Å². The highest BCUT2D eigenvalue weighted by Crippen LogP contribution is 2.41. The fourth-order valence-corrected chi connectivity index (χ4v) is 6.24. The van der Waals surface area contributed by atoms with Gasteiger partial charge in [-0.15, -0.1) is 0 Å². The Balaban J connectivity index is 1.25. The monoisotopic (exact) mass is 509 g/mol. The van der Waals surface area contributed by atoms with E-state index in [2.05, 4.69) is 55.5 Å². The molecule has 7 heteroatoms. The van der Waals surface area contributed by atoms with Gasteiger partial charge in [0.15, 0.2) is 5.11 Å². The summed E-state index contributed by atoms with van der Waals surface area (Å²) in [5.41, 5.74) is 3.02. The van der Waals surface area contributed by atoms with Crippen LogP contribution in [-0.4, -0.2) is 32.0 Å². The lowest BCUT2D eigenvalue weighted by atomic mass is 10.0. The maximum atomic E-state index is 13.1. The first-order valence-electron chi connectivity index (χ1n) is 13.1. The molecule has 37 heavy (non-hydrogen) atoms. The topological polar surface area (TPSA) is 62.2 Å². The molecular formula is C30H31N5OS. The number of nitrogens with one attached hydrogen (secondary N) is 2. The average Bonchev–Trinajstić information content (AvgIpc) is 3.68. The van der Waals surface area contributed by atoms with Crippen LogP contribution in [0.1, 0.15) is 61.6 Å². The maximum absolute atomic E-state index is 13.1. The van der Waals surface area contributed by atoms with Crippen LogP contribution in [0.25, 0.3) is 10.8 Å². The molecule has 2 aromatic heterocycles. The zero-order valence-electron chi connectivity index (χ0n) is 20.7. The van der Waals surface area contributed by atoms with Crippen molar-refractivity contribution in [2.75, 3.05) is 11.9 Å². The summed E-state index contributed by atoms with van der Waals surface area (Å²) in [6.45, 7) is 0.520. The minimum absolute atomic E-state index is 0.0228. The van der Waals surface area contributed by atoms with Crippen molar-refractivity contribution in [1.82, 2.24) is 19.8 Å². The van der Waals surface area contributed by atoms with Crippen LogP contribution in [0.15, 0.2) is 85.2 Å². The van der Waals surface area contributed by atoms with Gasteiger partial charge in [0.05, 0.1) is 17.8 Å². The predicted octanol–water partition coefficient (Wildman–Crippen LogP) is 6.15. The van der Waals surface area contributed by atoms with Crippen molar-refractivity contribution in [3.63, 3.8) is 0 Å². The molecule has 0 spiro atoms. The number of fused-ring (bicyclic) bond motifs is 1. The van der Waals surface area contributed by atoms with Gasteiger partial charge >= 0.3 is 0 Å². The number of rotatable bonds is 7. The SMILES string of the molecule is O=C(CCN1C(=S)N[C@H](c2ccccn2)[C@H]1c1cccn1C1CCCC1)Nc1cccc2ccccc12. The van der Waals surface area contributed by atoms with Gasteiger partial charge in [0.1, 0.15) is 0 Å². The van der Waals surface area contributed by atoms with Crippen molar-refractivity contribution < 1.29 is 4.79 Å². The van der Waals surface area contributed by atoms with E-state index in [1.165, 1.54) is 31.4 Å². The van der Waals surface area contributed by atoms with E-state index in [0.717, 1.165) is 22.2 Å². The van der Waals surface area contributed by atoms with Crippen LogP contribution in [-0.2, 0) is 4.79 Å². The predicted molar refractivity (Wildman–Crippen MR) is 151 cm³/mol. The number of thiocarbonyl (C=S) groups is 1. The van der Waals surface area contributed by atoms with Crippen LogP contribution in [0.4, 0.5) is 5.69 Å². The minimum Gasteiger partial charge on any atom is -0.352 e. The Bertz CT molecular complexity index is 1410. The highest BCUT2D eigenvalue weighted by atomic mass is 32.1. The zero-order valence-corrected chi connectivity index (χ0v) is 21.5. The molecule has 0 bridgehead atoms. The van der Waals surface area contributed by atoms with Gasteiger partial charge in [0.2, 0.25) is 5.91 Å². The number of hydrogen-bond acceptors (Lipinski definition) is 3. The van der Waals surface area contributed by atoms with Gasteiger partial charge in [-0.3, -0.25) is 9.78 Å². The normalized spacial score (nSPS) is 19.9. The fourth-order valence-electron chi connectivity index (χ4n) is 5.91. The van der Waals surface area contributed by atoms with Crippen molar-refractivity contribution in [2.45, 2.75) is 50.2 Å². The number of pyridine rings is 1. The van der Waals surface area contributed by atoms with Crippen molar-refractivity contribution in [3.05, 3.63) is 96.6 Å². The Kier molecular flexibility index (Phi) is 6.62. The maximum Gasteiger partial charge on any atom is 0.226 e. The second-order valence-corrected chi connectivity index (χ2v) is 10.3. The van der Waals surface area contributed by atoms with Crippen LogP contribution in [0, 0.1) is 0 Å². The van der Waals surface area contributed by atoms with Gasteiger partial charge in [-0.2, -0.15) is 0 Å². The Hall–Kier alpha value is -3.71. The third-order valence-electron chi connectivity index (χ3n) is 7.67. The molecule has 6 nitrogen and oxygen atoms in total. The molecule has 1 saturated heterocycles. The summed E-state index contributed by atoms with van der Waals surface area (Å²) in [5, 5.41) is 9.46. The van der Waals surface area contributed by atoms with Crippen LogP contribution in [0.5, 0.6) is 0 Å². The molecule has 1 saturated carbocycles. The van der Waals surface area contributed by atoms with Gasteiger partial charge in [0, 0.05) is 48.2 Å². The molecule has 1 amide bonds. The number of hydrogen-bond donors (Lipinski definition) is 2. The molecule has 2 aromatic carbocycles. The Morgan fingerprint density at radius 1 is 1.00 bits per heavy atom. The molecule has 0 unspecified atom stereocenters. The highest BCUT2D eigenvalue weighted by Gasteiger charge is 2.41. The number of nitrogens with zero attached hydrogens (tertiary/aromatic N) is 3. The molecule has 1 aliphatic carbocycles. The summed E-state index contributed by atoms with van der Waals surface area (Å²) in [6.07, 6.45) is 9.31. The van der Waals surface area contributed by atoms with Crippen molar-refractivity contribution in [3.8, 4) is 0 Å². The Labute approximate surface area is 222 Å². The molecule has 2 fully saturated rings. The average molecular weight is 510 g/mol. The van der Waals surface area contributed by atoms with Gasteiger partial charge in [-0.05, 0) is 60.8 Å². The minimum atomic E-state index is -0.0788. The molecule has 2 atom stereocenters. The third-order valence-corrected chi connectivity index (χ3v) is 8.03. The molecule has 2 N–H and O–H groups in total. The van der Waals surface area contributed by atoms with E-state index in [1.54, 1.807) is 0 Å². The van der Waals surface area contributed by atoms with E-state index in [-0.39, 0.29) is 18.0 Å². The van der Waals surface area contributed by atoms with Crippen LogP contribution in [0.3, 0.4) is 0 Å². The van der Waals surface area contributed by atoms with E-state index in [1.807, 2.05) is 54.7 Å². The van der Waals surface area contributed by atoms with E-state index in [0.29, 0.717) is 24.1 Å². The first kappa shape index (κ1) is 23.7. The number of anilines is 1. The lowest BCUT2D eigenvalue weighted by Crippen LogP contribution is -2.33. The molecule has 2 aliphatic rings. The van der Waals surface area contributed by atoms with E-state index < -0.39 is 0 Å². The summed E-state index contributed by atoms with van der Waals surface area (Å²) >= 11 is 5.84.